The molecule has 6 nitrogen and oxygen atoms in total. The molecule has 21 heavy (non-hydrogen) atoms. The lowest BCUT2D eigenvalue weighted by atomic mass is 10.2. The van der Waals surface area contributed by atoms with Crippen LogP contribution in [0.4, 0.5) is 11.5 Å². The van der Waals surface area contributed by atoms with Gasteiger partial charge in [0.15, 0.2) is 0 Å². The molecule has 1 aliphatic heterocycles. The van der Waals surface area contributed by atoms with Crippen LogP contribution in [-0.4, -0.2) is 43.7 Å². The van der Waals surface area contributed by atoms with Crippen molar-refractivity contribution in [2.24, 2.45) is 5.73 Å². The molecule has 1 aliphatic rings. The average molecular weight is 337 g/mol. The van der Waals surface area contributed by atoms with Crippen molar-refractivity contribution >= 4 is 42.2 Å². The van der Waals surface area contributed by atoms with Gasteiger partial charge in [-0.15, -0.1) is 24.8 Å². The van der Waals surface area contributed by atoms with Gasteiger partial charge < -0.3 is 20.7 Å². The standard InChI is InChI=1S/C13H20N4O2.2ClH/c1-17(2)9-3-6-12(15-8-9)16-13(18)11-5-4-10(7-14)19-11;;/h3,6,8,10-11H,4-5,7,14H2,1-2H3,(H,15,16,18);2*1H/t10-,11+;;/m1../s1. The summed E-state index contributed by atoms with van der Waals surface area (Å²) in [5.41, 5.74) is 6.50. The highest BCUT2D eigenvalue weighted by molar-refractivity contribution is 5.93. The quantitative estimate of drug-likeness (QED) is 0.869. The molecule has 8 heteroatoms. The third-order valence-electron chi connectivity index (χ3n) is 3.18. The van der Waals surface area contributed by atoms with E-state index < -0.39 is 6.10 Å². The van der Waals surface area contributed by atoms with Crippen LogP contribution in [0, 0.1) is 0 Å². The van der Waals surface area contributed by atoms with Crippen LogP contribution in [0.3, 0.4) is 0 Å². The Balaban J connectivity index is 0.00000200. The van der Waals surface area contributed by atoms with E-state index in [4.69, 9.17) is 10.5 Å². The van der Waals surface area contributed by atoms with Crippen LogP contribution < -0.4 is 16.0 Å². The molecule has 2 heterocycles. The Kier molecular flexibility index (Phi) is 8.58. The molecule has 0 bridgehead atoms. The van der Waals surface area contributed by atoms with Gasteiger partial charge in [-0.2, -0.15) is 0 Å². The Hall–Kier alpha value is -1.08. The van der Waals surface area contributed by atoms with Crippen LogP contribution >= 0.6 is 24.8 Å². The smallest absolute Gasteiger partial charge is 0.254 e. The molecule has 0 radical (unpaired) electrons. The Labute approximate surface area is 137 Å². The van der Waals surface area contributed by atoms with E-state index in [0.717, 1.165) is 12.1 Å². The van der Waals surface area contributed by atoms with E-state index in [1.807, 2.05) is 25.1 Å². The average Bonchev–Trinajstić information content (AvgIpc) is 2.88. The molecule has 1 fully saturated rings. The van der Waals surface area contributed by atoms with E-state index in [0.29, 0.717) is 18.8 Å². The number of hydrogen-bond donors (Lipinski definition) is 2. The lowest BCUT2D eigenvalue weighted by molar-refractivity contribution is -0.126. The monoisotopic (exact) mass is 336 g/mol. The SMILES string of the molecule is CN(C)c1ccc(NC(=O)[C@@H]2CC[C@H](CN)O2)nc1.Cl.Cl. The van der Waals surface area contributed by atoms with E-state index in [9.17, 15) is 4.79 Å². The fourth-order valence-electron chi connectivity index (χ4n) is 2.00. The largest absolute Gasteiger partial charge is 0.376 e. The summed E-state index contributed by atoms with van der Waals surface area (Å²) in [4.78, 5) is 18.1. The first kappa shape index (κ1) is 19.9. The summed E-state index contributed by atoms with van der Waals surface area (Å²) in [6, 6.07) is 3.68. The number of ether oxygens (including phenoxy) is 1. The number of hydrogen-bond acceptors (Lipinski definition) is 5. The molecule has 2 rings (SSSR count). The number of carbonyl (C=O) groups is 1. The number of nitrogens with zero attached hydrogens (tertiary/aromatic N) is 2. The number of aromatic nitrogens is 1. The molecule has 1 saturated heterocycles. The first-order valence-electron chi connectivity index (χ1n) is 6.40. The number of nitrogens with one attached hydrogen (secondary N) is 1. The zero-order valence-corrected chi connectivity index (χ0v) is 13.7. The second-order valence-corrected chi connectivity index (χ2v) is 4.85. The van der Waals surface area contributed by atoms with Gasteiger partial charge in [-0.05, 0) is 25.0 Å². The third-order valence-corrected chi connectivity index (χ3v) is 3.18. The van der Waals surface area contributed by atoms with Gasteiger partial charge in [0.1, 0.15) is 11.9 Å². The number of nitrogens with two attached hydrogens (primary N) is 1. The van der Waals surface area contributed by atoms with Crippen LogP contribution in [0.1, 0.15) is 12.8 Å². The molecule has 1 aromatic heterocycles. The second-order valence-electron chi connectivity index (χ2n) is 4.85. The van der Waals surface area contributed by atoms with Crippen LogP contribution in [-0.2, 0) is 9.53 Å². The van der Waals surface area contributed by atoms with E-state index in [1.165, 1.54) is 0 Å². The fourth-order valence-corrected chi connectivity index (χ4v) is 2.00. The number of pyridine rings is 1. The highest BCUT2D eigenvalue weighted by Crippen LogP contribution is 2.20. The van der Waals surface area contributed by atoms with Gasteiger partial charge >= 0.3 is 0 Å². The Bertz CT molecular complexity index is 442. The molecule has 0 unspecified atom stereocenters. The summed E-state index contributed by atoms with van der Waals surface area (Å²) in [6.07, 6.45) is 2.85. The Morgan fingerprint density at radius 1 is 1.43 bits per heavy atom. The van der Waals surface area contributed by atoms with Gasteiger partial charge in [0.2, 0.25) is 0 Å². The summed E-state index contributed by atoms with van der Waals surface area (Å²) in [5.74, 6) is 0.386. The van der Waals surface area contributed by atoms with E-state index >= 15 is 0 Å². The van der Waals surface area contributed by atoms with Crippen LogP contribution in [0.15, 0.2) is 18.3 Å². The molecule has 0 aliphatic carbocycles. The predicted molar refractivity (Wildman–Crippen MR) is 88.6 cm³/mol. The highest BCUT2D eigenvalue weighted by Gasteiger charge is 2.29. The predicted octanol–water partition coefficient (Wildman–Crippen LogP) is 1.44. The molecule has 1 aromatic rings. The van der Waals surface area contributed by atoms with Crippen molar-refractivity contribution in [2.75, 3.05) is 30.9 Å². The Morgan fingerprint density at radius 3 is 2.62 bits per heavy atom. The summed E-state index contributed by atoms with van der Waals surface area (Å²) in [6.45, 7) is 0.458. The number of halogens is 2. The van der Waals surface area contributed by atoms with Crippen molar-refractivity contribution in [3.63, 3.8) is 0 Å². The molecule has 120 valence electrons. The second kappa shape index (κ2) is 9.04. The van der Waals surface area contributed by atoms with Gasteiger partial charge in [-0.1, -0.05) is 0 Å². The van der Waals surface area contributed by atoms with Crippen LogP contribution in [0.25, 0.3) is 0 Å². The van der Waals surface area contributed by atoms with E-state index in [2.05, 4.69) is 10.3 Å². The topological polar surface area (TPSA) is 80.5 Å². The Morgan fingerprint density at radius 2 is 2.14 bits per heavy atom. The number of anilines is 2. The van der Waals surface area contributed by atoms with Crippen LogP contribution in [0.5, 0.6) is 0 Å². The van der Waals surface area contributed by atoms with Gasteiger partial charge in [-0.25, -0.2) is 4.98 Å². The fraction of sp³-hybridized carbons (Fsp3) is 0.538. The number of amides is 1. The number of rotatable bonds is 4. The molecule has 3 N–H and O–H groups in total. The number of carbonyl (C=O) groups excluding carboxylic acids is 1. The maximum Gasteiger partial charge on any atom is 0.254 e. The zero-order valence-electron chi connectivity index (χ0n) is 12.1. The van der Waals surface area contributed by atoms with Gasteiger partial charge in [0, 0.05) is 20.6 Å². The maximum absolute atomic E-state index is 12.0. The maximum atomic E-state index is 12.0. The molecular formula is C13H22Cl2N4O2. The van der Waals surface area contributed by atoms with E-state index in [-0.39, 0.29) is 36.8 Å². The van der Waals surface area contributed by atoms with E-state index in [1.54, 1.807) is 12.3 Å². The minimum absolute atomic E-state index is 0. The molecular weight excluding hydrogens is 315 g/mol. The van der Waals surface area contributed by atoms with Crippen molar-refractivity contribution in [1.82, 2.24) is 4.98 Å². The van der Waals surface area contributed by atoms with Gasteiger partial charge in [-0.3, -0.25) is 4.79 Å². The minimum atomic E-state index is -0.413. The third kappa shape index (κ3) is 5.32. The summed E-state index contributed by atoms with van der Waals surface area (Å²) < 4.78 is 5.53. The van der Waals surface area contributed by atoms with Crippen molar-refractivity contribution < 1.29 is 9.53 Å². The van der Waals surface area contributed by atoms with Crippen molar-refractivity contribution in [2.45, 2.75) is 25.0 Å². The normalized spacial score (nSPS) is 20.1. The first-order chi connectivity index (χ1) is 9.10. The summed E-state index contributed by atoms with van der Waals surface area (Å²) in [7, 11) is 3.88. The molecule has 0 spiro atoms. The summed E-state index contributed by atoms with van der Waals surface area (Å²) in [5, 5.41) is 2.76. The molecule has 1 amide bonds. The lowest BCUT2D eigenvalue weighted by Gasteiger charge is -2.14. The summed E-state index contributed by atoms with van der Waals surface area (Å²) >= 11 is 0. The molecule has 2 atom stereocenters. The zero-order chi connectivity index (χ0) is 13.8. The highest BCUT2D eigenvalue weighted by atomic mass is 35.5. The van der Waals surface area contributed by atoms with Crippen molar-refractivity contribution in [3.05, 3.63) is 18.3 Å². The minimum Gasteiger partial charge on any atom is -0.376 e. The molecule has 0 saturated carbocycles. The van der Waals surface area contributed by atoms with Gasteiger partial charge in [0.25, 0.3) is 5.91 Å². The van der Waals surface area contributed by atoms with Crippen molar-refractivity contribution in [1.29, 1.82) is 0 Å². The first-order valence-corrected chi connectivity index (χ1v) is 6.40. The molecule has 0 aromatic carbocycles. The van der Waals surface area contributed by atoms with Crippen LogP contribution in [0.2, 0.25) is 0 Å². The lowest BCUT2D eigenvalue weighted by Crippen LogP contribution is -2.30. The van der Waals surface area contributed by atoms with Gasteiger partial charge in [0.05, 0.1) is 18.0 Å². The van der Waals surface area contributed by atoms with Crippen molar-refractivity contribution in [3.8, 4) is 0 Å².